The van der Waals surface area contributed by atoms with Crippen LogP contribution in [-0.4, -0.2) is 48.5 Å². The van der Waals surface area contributed by atoms with E-state index in [2.05, 4.69) is 18.7 Å². The first kappa shape index (κ1) is 12.0. The zero-order valence-electron chi connectivity index (χ0n) is 9.57. The maximum atomic E-state index is 9.83. The van der Waals surface area contributed by atoms with Gasteiger partial charge < -0.3 is 9.84 Å². The van der Waals surface area contributed by atoms with Gasteiger partial charge in [-0.25, -0.2) is 0 Å². The van der Waals surface area contributed by atoms with Gasteiger partial charge in [-0.3, -0.25) is 4.90 Å². The van der Waals surface area contributed by atoms with Gasteiger partial charge in [0.1, 0.15) is 0 Å². The number of aliphatic hydroxyl groups excluding tert-OH is 1. The maximum absolute atomic E-state index is 9.83. The highest BCUT2D eigenvalue weighted by Crippen LogP contribution is 2.25. The third-order valence-corrected chi connectivity index (χ3v) is 3.21. The summed E-state index contributed by atoms with van der Waals surface area (Å²) in [5, 5.41) is 9.83. The Bertz CT molecular complexity index is 163. The van der Waals surface area contributed by atoms with Gasteiger partial charge in [0, 0.05) is 19.2 Å². The first-order valence-electron chi connectivity index (χ1n) is 5.63. The molecule has 0 aromatic carbocycles. The van der Waals surface area contributed by atoms with Crippen LogP contribution in [0.2, 0.25) is 0 Å². The quantitative estimate of drug-likeness (QED) is 0.727. The van der Waals surface area contributed by atoms with E-state index in [9.17, 15) is 5.11 Å². The maximum Gasteiger partial charge on any atom is 0.0695 e. The van der Waals surface area contributed by atoms with E-state index in [0.29, 0.717) is 12.1 Å². The lowest BCUT2D eigenvalue weighted by Gasteiger charge is -2.34. The summed E-state index contributed by atoms with van der Waals surface area (Å²) in [5.74, 6) is 0. The SMILES string of the molecule is CCN(C(C)COC)[C@H]1CCC[C@@H]1O. The highest BCUT2D eigenvalue weighted by atomic mass is 16.5. The highest BCUT2D eigenvalue weighted by Gasteiger charge is 2.32. The summed E-state index contributed by atoms with van der Waals surface area (Å²) in [4.78, 5) is 2.36. The Morgan fingerprint density at radius 3 is 2.64 bits per heavy atom. The number of nitrogens with zero attached hydrogens (tertiary/aromatic N) is 1. The average Bonchev–Trinajstić information content (AvgIpc) is 2.54. The molecule has 0 saturated heterocycles. The second kappa shape index (κ2) is 5.69. The summed E-state index contributed by atoms with van der Waals surface area (Å²) in [6, 6.07) is 0.757. The van der Waals surface area contributed by atoms with Gasteiger partial charge in [-0.1, -0.05) is 6.92 Å². The predicted molar refractivity (Wildman–Crippen MR) is 57.4 cm³/mol. The monoisotopic (exact) mass is 201 g/mol. The normalized spacial score (nSPS) is 29.8. The number of likely N-dealkylation sites (N-methyl/N-ethyl adjacent to an activating group) is 1. The Morgan fingerprint density at radius 2 is 2.21 bits per heavy atom. The van der Waals surface area contributed by atoms with E-state index < -0.39 is 0 Å². The van der Waals surface area contributed by atoms with Gasteiger partial charge in [0.15, 0.2) is 0 Å². The van der Waals surface area contributed by atoms with Crippen molar-refractivity contribution in [1.82, 2.24) is 4.90 Å². The Morgan fingerprint density at radius 1 is 1.50 bits per heavy atom. The zero-order chi connectivity index (χ0) is 10.6. The molecular weight excluding hydrogens is 178 g/mol. The number of rotatable bonds is 5. The molecule has 3 heteroatoms. The van der Waals surface area contributed by atoms with E-state index in [-0.39, 0.29) is 6.10 Å². The van der Waals surface area contributed by atoms with Gasteiger partial charge >= 0.3 is 0 Å². The first-order chi connectivity index (χ1) is 6.70. The summed E-state index contributed by atoms with van der Waals surface area (Å²) >= 11 is 0. The zero-order valence-corrected chi connectivity index (χ0v) is 9.57. The van der Waals surface area contributed by atoms with Crippen LogP contribution < -0.4 is 0 Å². The summed E-state index contributed by atoms with van der Waals surface area (Å²) in [7, 11) is 1.73. The van der Waals surface area contributed by atoms with E-state index in [0.717, 1.165) is 32.4 Å². The fourth-order valence-electron chi connectivity index (χ4n) is 2.52. The molecule has 0 aliphatic heterocycles. The lowest BCUT2D eigenvalue weighted by Crippen LogP contribution is -2.47. The van der Waals surface area contributed by atoms with Crippen LogP contribution in [0.25, 0.3) is 0 Å². The molecule has 0 heterocycles. The molecule has 3 atom stereocenters. The van der Waals surface area contributed by atoms with Crippen molar-refractivity contribution in [3.63, 3.8) is 0 Å². The van der Waals surface area contributed by atoms with Crippen LogP contribution in [0.1, 0.15) is 33.1 Å². The van der Waals surface area contributed by atoms with E-state index in [1.165, 1.54) is 0 Å². The number of aliphatic hydroxyl groups is 1. The van der Waals surface area contributed by atoms with E-state index in [1.807, 2.05) is 0 Å². The van der Waals surface area contributed by atoms with Crippen molar-refractivity contribution in [2.75, 3.05) is 20.3 Å². The molecule has 14 heavy (non-hydrogen) atoms. The number of methoxy groups -OCH3 is 1. The molecule has 1 fully saturated rings. The topological polar surface area (TPSA) is 32.7 Å². The van der Waals surface area contributed by atoms with Crippen molar-refractivity contribution in [3.8, 4) is 0 Å². The van der Waals surface area contributed by atoms with Crippen LogP contribution in [0.3, 0.4) is 0 Å². The van der Waals surface area contributed by atoms with Gasteiger partial charge in [-0.2, -0.15) is 0 Å². The van der Waals surface area contributed by atoms with E-state index in [4.69, 9.17) is 4.74 Å². The second-order valence-electron chi connectivity index (χ2n) is 4.20. The third kappa shape index (κ3) is 2.69. The molecule has 84 valence electrons. The van der Waals surface area contributed by atoms with Crippen molar-refractivity contribution < 1.29 is 9.84 Å². The Kier molecular flexibility index (Phi) is 4.85. The van der Waals surface area contributed by atoms with E-state index >= 15 is 0 Å². The molecule has 1 unspecified atom stereocenters. The lowest BCUT2D eigenvalue weighted by molar-refractivity contribution is 0.0233. The molecule has 0 bridgehead atoms. The predicted octanol–water partition coefficient (Wildman–Crippen LogP) is 1.26. The fraction of sp³-hybridized carbons (Fsp3) is 1.00. The van der Waals surface area contributed by atoms with Crippen LogP contribution in [0, 0.1) is 0 Å². The minimum atomic E-state index is -0.130. The van der Waals surface area contributed by atoms with Gasteiger partial charge in [0.2, 0.25) is 0 Å². The van der Waals surface area contributed by atoms with Gasteiger partial charge in [0.05, 0.1) is 12.7 Å². The molecule has 3 nitrogen and oxygen atoms in total. The summed E-state index contributed by atoms with van der Waals surface area (Å²) < 4.78 is 5.16. The van der Waals surface area contributed by atoms with Crippen LogP contribution >= 0.6 is 0 Å². The third-order valence-electron chi connectivity index (χ3n) is 3.21. The molecule has 1 aliphatic rings. The molecule has 0 aromatic heterocycles. The molecule has 0 radical (unpaired) electrons. The smallest absolute Gasteiger partial charge is 0.0695 e. The lowest BCUT2D eigenvalue weighted by atomic mass is 10.1. The highest BCUT2D eigenvalue weighted by molar-refractivity contribution is 4.87. The molecule has 0 amide bonds. The molecule has 1 aliphatic carbocycles. The Balaban J connectivity index is 2.51. The van der Waals surface area contributed by atoms with Gasteiger partial charge in [-0.05, 0) is 32.7 Å². The first-order valence-corrected chi connectivity index (χ1v) is 5.63. The largest absolute Gasteiger partial charge is 0.391 e. The minimum Gasteiger partial charge on any atom is -0.391 e. The van der Waals surface area contributed by atoms with E-state index in [1.54, 1.807) is 7.11 Å². The fourth-order valence-corrected chi connectivity index (χ4v) is 2.52. The number of ether oxygens (including phenoxy) is 1. The van der Waals surface area contributed by atoms with Crippen LogP contribution in [0.4, 0.5) is 0 Å². The van der Waals surface area contributed by atoms with Crippen molar-refractivity contribution in [2.45, 2.75) is 51.3 Å². The molecule has 1 saturated carbocycles. The number of hydrogen-bond donors (Lipinski definition) is 1. The van der Waals surface area contributed by atoms with Crippen molar-refractivity contribution in [2.24, 2.45) is 0 Å². The Hall–Kier alpha value is -0.120. The van der Waals surface area contributed by atoms with Crippen LogP contribution in [0.15, 0.2) is 0 Å². The van der Waals surface area contributed by atoms with Crippen molar-refractivity contribution in [1.29, 1.82) is 0 Å². The molecule has 1 rings (SSSR count). The van der Waals surface area contributed by atoms with Crippen LogP contribution in [-0.2, 0) is 4.74 Å². The summed E-state index contributed by atoms with van der Waals surface area (Å²) in [6.45, 7) is 6.05. The van der Waals surface area contributed by atoms with Gasteiger partial charge in [-0.15, -0.1) is 0 Å². The summed E-state index contributed by atoms with van der Waals surface area (Å²) in [6.07, 6.45) is 3.11. The molecule has 1 N–H and O–H groups in total. The minimum absolute atomic E-state index is 0.130. The molecule has 0 spiro atoms. The number of hydrogen-bond acceptors (Lipinski definition) is 3. The molecule has 0 aromatic rings. The molecular formula is C11H23NO2. The Labute approximate surface area is 87.1 Å². The van der Waals surface area contributed by atoms with Crippen LogP contribution in [0.5, 0.6) is 0 Å². The summed E-state index contributed by atoms with van der Waals surface area (Å²) in [5.41, 5.74) is 0. The van der Waals surface area contributed by atoms with Crippen molar-refractivity contribution >= 4 is 0 Å². The second-order valence-corrected chi connectivity index (χ2v) is 4.20. The average molecular weight is 201 g/mol. The van der Waals surface area contributed by atoms with Gasteiger partial charge in [0.25, 0.3) is 0 Å². The van der Waals surface area contributed by atoms with Crippen molar-refractivity contribution in [3.05, 3.63) is 0 Å². The standard InChI is InChI=1S/C11H23NO2/c1-4-12(9(2)8-14-3)10-6-5-7-11(10)13/h9-11,13H,4-8H2,1-3H3/t9?,10-,11-/m0/s1.